The molecule has 0 spiro atoms. The number of rotatable bonds is 4. The van der Waals surface area contributed by atoms with Crippen molar-refractivity contribution < 1.29 is 22.9 Å². The smallest absolute Gasteiger partial charge is 0.306 e. The van der Waals surface area contributed by atoms with Gasteiger partial charge < -0.3 is 10.8 Å². The number of carboxylic acids is 1. The summed E-state index contributed by atoms with van der Waals surface area (Å²) in [4.78, 5) is 8.26. The monoisotopic (exact) mass is 245 g/mol. The predicted molar refractivity (Wildman–Crippen MR) is 56.1 cm³/mol. The molecule has 0 amide bonds. The normalized spacial score (nSPS) is 15.4. The summed E-state index contributed by atoms with van der Waals surface area (Å²) in [6.45, 7) is 0. The van der Waals surface area contributed by atoms with Crippen LogP contribution in [0.5, 0.6) is 0 Å². The van der Waals surface area contributed by atoms with E-state index in [0.29, 0.717) is 0 Å². The van der Waals surface area contributed by atoms with Crippen LogP contribution in [0.15, 0.2) is 30.3 Å². The van der Waals surface area contributed by atoms with Gasteiger partial charge in [-0.25, -0.2) is 0 Å². The number of carbonyl (C=O) groups is 1. The minimum atomic E-state index is -4.72. The molecule has 88 valence electrons. The average molecular weight is 245 g/mol. The molecule has 0 heterocycles. The van der Waals surface area contributed by atoms with E-state index < -0.39 is 27.4 Å². The summed E-state index contributed by atoms with van der Waals surface area (Å²) in [5.74, 6) is -1.41. The van der Waals surface area contributed by atoms with Gasteiger partial charge in [-0.2, -0.15) is 8.42 Å². The zero-order valence-electron chi connectivity index (χ0n) is 8.20. The lowest BCUT2D eigenvalue weighted by Gasteiger charge is -2.24. The Morgan fingerprint density at radius 3 is 2.19 bits per heavy atom. The Morgan fingerprint density at radius 2 is 1.81 bits per heavy atom. The Labute approximate surface area is 92.5 Å². The Hall–Kier alpha value is -1.44. The Morgan fingerprint density at radius 1 is 1.31 bits per heavy atom. The first kappa shape index (κ1) is 12.6. The fourth-order valence-electron chi connectivity index (χ4n) is 1.29. The molecule has 0 radical (unpaired) electrons. The molecular formula is C9H11NO5S. The molecule has 0 saturated heterocycles. The summed E-state index contributed by atoms with van der Waals surface area (Å²) >= 11 is 0. The van der Waals surface area contributed by atoms with Crippen LogP contribution in [-0.2, 0) is 19.8 Å². The molecule has 0 aliphatic carbocycles. The molecule has 1 aromatic carbocycles. The van der Waals surface area contributed by atoms with Crippen LogP contribution in [0, 0.1) is 0 Å². The molecule has 6 nitrogen and oxygen atoms in total. The van der Waals surface area contributed by atoms with Gasteiger partial charge >= 0.3 is 5.97 Å². The number of nitrogens with two attached hydrogens (primary N) is 1. The van der Waals surface area contributed by atoms with E-state index in [0.717, 1.165) is 0 Å². The molecule has 0 bridgehead atoms. The van der Waals surface area contributed by atoms with Gasteiger partial charge in [0.05, 0.1) is 6.42 Å². The van der Waals surface area contributed by atoms with Crippen molar-refractivity contribution in [1.29, 1.82) is 0 Å². The van der Waals surface area contributed by atoms with Crippen molar-refractivity contribution in [3.8, 4) is 0 Å². The van der Waals surface area contributed by atoms with Crippen LogP contribution < -0.4 is 5.73 Å². The summed E-state index contributed by atoms with van der Waals surface area (Å²) in [6, 6.07) is 7.32. The first-order valence-corrected chi connectivity index (χ1v) is 5.74. The molecule has 1 unspecified atom stereocenters. The van der Waals surface area contributed by atoms with Crippen molar-refractivity contribution in [2.45, 2.75) is 11.3 Å². The maximum absolute atomic E-state index is 11.2. The maximum Gasteiger partial charge on any atom is 0.306 e. The van der Waals surface area contributed by atoms with E-state index in [9.17, 15) is 13.2 Å². The summed E-state index contributed by atoms with van der Waals surface area (Å²) in [6.07, 6.45) is -0.907. The second kappa shape index (κ2) is 4.20. The lowest BCUT2D eigenvalue weighted by molar-refractivity contribution is -0.137. The molecule has 1 aromatic rings. The number of benzene rings is 1. The maximum atomic E-state index is 11.2. The highest BCUT2D eigenvalue weighted by molar-refractivity contribution is 7.86. The molecule has 0 fully saturated rings. The zero-order valence-corrected chi connectivity index (χ0v) is 9.02. The summed E-state index contributed by atoms with van der Waals surface area (Å²) in [7, 11) is -4.72. The molecule has 1 rings (SSSR count). The van der Waals surface area contributed by atoms with Gasteiger partial charge in [-0.15, -0.1) is 0 Å². The third-order valence-corrected chi connectivity index (χ3v) is 3.44. The van der Waals surface area contributed by atoms with Gasteiger partial charge in [-0.3, -0.25) is 9.35 Å². The molecule has 0 saturated carbocycles. The van der Waals surface area contributed by atoms with Crippen molar-refractivity contribution in [2.24, 2.45) is 5.73 Å². The molecular weight excluding hydrogens is 234 g/mol. The lowest BCUT2D eigenvalue weighted by atomic mass is 10.0. The Balaban J connectivity index is 3.32. The second-order valence-electron chi connectivity index (χ2n) is 3.30. The van der Waals surface area contributed by atoms with Crippen LogP contribution >= 0.6 is 0 Å². The molecule has 7 heteroatoms. The lowest BCUT2D eigenvalue weighted by Crippen LogP contribution is -2.46. The third kappa shape index (κ3) is 2.38. The van der Waals surface area contributed by atoms with E-state index in [1.54, 1.807) is 6.07 Å². The highest BCUT2D eigenvalue weighted by Crippen LogP contribution is 2.27. The van der Waals surface area contributed by atoms with Gasteiger partial charge in [0.1, 0.15) is 0 Å². The molecule has 0 aliphatic heterocycles. The quantitative estimate of drug-likeness (QED) is 0.650. The first-order chi connectivity index (χ1) is 7.27. The van der Waals surface area contributed by atoms with Crippen LogP contribution in [-0.4, -0.2) is 24.0 Å². The van der Waals surface area contributed by atoms with Crippen molar-refractivity contribution in [3.05, 3.63) is 35.9 Å². The molecule has 0 aromatic heterocycles. The minimum Gasteiger partial charge on any atom is -0.481 e. The first-order valence-electron chi connectivity index (χ1n) is 4.30. The van der Waals surface area contributed by atoms with Crippen LogP contribution in [0.3, 0.4) is 0 Å². The van der Waals surface area contributed by atoms with Crippen LogP contribution in [0.2, 0.25) is 0 Å². The molecule has 1 atom stereocenters. The number of hydrogen-bond acceptors (Lipinski definition) is 4. The van der Waals surface area contributed by atoms with E-state index in [1.807, 2.05) is 0 Å². The van der Waals surface area contributed by atoms with E-state index in [4.69, 9.17) is 15.4 Å². The van der Waals surface area contributed by atoms with Crippen molar-refractivity contribution in [2.75, 3.05) is 0 Å². The van der Waals surface area contributed by atoms with Crippen LogP contribution in [0.25, 0.3) is 0 Å². The highest BCUT2D eigenvalue weighted by atomic mass is 32.2. The third-order valence-electron chi connectivity index (χ3n) is 2.14. The molecule has 4 N–H and O–H groups in total. The molecule has 16 heavy (non-hydrogen) atoms. The van der Waals surface area contributed by atoms with Gasteiger partial charge in [0.25, 0.3) is 10.1 Å². The number of hydrogen-bond donors (Lipinski definition) is 3. The predicted octanol–water partition coefficient (Wildman–Crippen LogP) is 0.161. The number of carboxylic acid groups (broad SMARTS) is 1. The van der Waals surface area contributed by atoms with Crippen LogP contribution in [0.1, 0.15) is 12.0 Å². The largest absolute Gasteiger partial charge is 0.481 e. The van der Waals surface area contributed by atoms with Gasteiger partial charge in [0, 0.05) is 0 Å². The van der Waals surface area contributed by atoms with Crippen LogP contribution in [0.4, 0.5) is 0 Å². The summed E-state index contributed by atoms with van der Waals surface area (Å²) in [5, 5.41) is 8.62. The average Bonchev–Trinajstić information content (AvgIpc) is 2.16. The van der Waals surface area contributed by atoms with Crippen molar-refractivity contribution >= 4 is 16.1 Å². The fraction of sp³-hybridized carbons (Fsp3) is 0.222. The zero-order chi connectivity index (χ0) is 12.4. The minimum absolute atomic E-state index is 0.0277. The van der Waals surface area contributed by atoms with Gasteiger partial charge in [-0.1, -0.05) is 30.3 Å². The van der Waals surface area contributed by atoms with E-state index in [1.165, 1.54) is 24.3 Å². The highest BCUT2D eigenvalue weighted by Gasteiger charge is 2.42. The van der Waals surface area contributed by atoms with Gasteiger partial charge in [0.2, 0.25) is 0 Å². The SMILES string of the molecule is NC(CC(=O)O)(c1ccccc1)S(=O)(=O)O. The Bertz CT molecular complexity index is 484. The second-order valence-corrected chi connectivity index (χ2v) is 4.98. The standard InChI is InChI=1S/C9H11NO5S/c10-9(6-8(11)12,16(13,14)15)7-4-2-1-3-5-7/h1-5H,6,10H2,(H,11,12)(H,13,14,15). The van der Waals surface area contributed by atoms with Crippen molar-refractivity contribution in [3.63, 3.8) is 0 Å². The summed E-state index contributed by atoms with van der Waals surface area (Å²) in [5.41, 5.74) is 5.51. The van der Waals surface area contributed by atoms with Gasteiger partial charge in [-0.05, 0) is 5.56 Å². The number of aliphatic carboxylic acids is 1. The fourth-order valence-corrected chi connectivity index (χ4v) is 2.03. The van der Waals surface area contributed by atoms with E-state index in [-0.39, 0.29) is 5.56 Å². The van der Waals surface area contributed by atoms with E-state index >= 15 is 0 Å². The Kier molecular flexibility index (Phi) is 3.32. The molecule has 0 aliphatic rings. The van der Waals surface area contributed by atoms with Crippen molar-refractivity contribution in [1.82, 2.24) is 0 Å². The van der Waals surface area contributed by atoms with Gasteiger partial charge in [0.15, 0.2) is 4.87 Å². The summed E-state index contributed by atoms with van der Waals surface area (Å²) < 4.78 is 31.3. The topological polar surface area (TPSA) is 118 Å². The van der Waals surface area contributed by atoms with E-state index in [2.05, 4.69) is 0 Å².